The predicted molar refractivity (Wildman–Crippen MR) is 92.7 cm³/mol. The van der Waals surface area contributed by atoms with Crippen LogP contribution < -0.4 is 10.1 Å². The molecular formula is C19H15F4N3O2. The Bertz CT molecular complexity index is 982. The first-order valence-electron chi connectivity index (χ1n) is 8.12. The molecule has 1 amide bonds. The number of methoxy groups -OCH3 is 1. The smallest absolute Gasteiger partial charge is 0.435 e. The summed E-state index contributed by atoms with van der Waals surface area (Å²) in [7, 11) is 1.36. The van der Waals surface area contributed by atoms with Gasteiger partial charge < -0.3 is 10.1 Å². The molecule has 1 N–H and O–H groups in total. The first-order valence-corrected chi connectivity index (χ1v) is 8.12. The van der Waals surface area contributed by atoms with E-state index in [9.17, 15) is 22.4 Å². The molecule has 0 radical (unpaired) electrons. The summed E-state index contributed by atoms with van der Waals surface area (Å²) in [5, 5.41) is 6.12. The lowest BCUT2D eigenvalue weighted by Crippen LogP contribution is -2.22. The number of amides is 1. The zero-order chi connectivity index (χ0) is 20.3. The molecule has 5 nitrogen and oxygen atoms in total. The van der Waals surface area contributed by atoms with Gasteiger partial charge in [-0.2, -0.15) is 18.3 Å². The molecule has 28 heavy (non-hydrogen) atoms. The van der Waals surface area contributed by atoms with Gasteiger partial charge in [0.15, 0.2) is 17.3 Å². The fraction of sp³-hybridized carbons (Fsp3) is 0.158. The zero-order valence-electron chi connectivity index (χ0n) is 14.6. The van der Waals surface area contributed by atoms with E-state index in [4.69, 9.17) is 4.74 Å². The van der Waals surface area contributed by atoms with Gasteiger partial charge in [-0.3, -0.25) is 4.79 Å². The summed E-state index contributed by atoms with van der Waals surface area (Å²) in [5.74, 6) is -0.826. The van der Waals surface area contributed by atoms with Crippen LogP contribution in [0, 0.1) is 5.82 Å². The zero-order valence-corrected chi connectivity index (χ0v) is 14.6. The molecule has 0 saturated heterocycles. The van der Waals surface area contributed by atoms with Crippen LogP contribution >= 0.6 is 0 Å². The second-order valence-electron chi connectivity index (χ2n) is 5.84. The minimum Gasteiger partial charge on any atom is -0.494 e. The lowest BCUT2D eigenvalue weighted by Gasteiger charge is -2.08. The molecule has 0 atom stereocenters. The first-order chi connectivity index (χ1) is 13.3. The lowest BCUT2D eigenvalue weighted by molar-refractivity contribution is -0.141. The molecule has 2 aromatic carbocycles. The van der Waals surface area contributed by atoms with Crippen LogP contribution in [0.4, 0.5) is 17.6 Å². The second kappa shape index (κ2) is 7.71. The summed E-state index contributed by atoms with van der Waals surface area (Å²) >= 11 is 0. The Morgan fingerprint density at radius 2 is 1.86 bits per heavy atom. The fourth-order valence-electron chi connectivity index (χ4n) is 2.49. The Morgan fingerprint density at radius 1 is 1.14 bits per heavy atom. The molecule has 0 saturated carbocycles. The van der Waals surface area contributed by atoms with Gasteiger partial charge >= 0.3 is 6.18 Å². The highest BCUT2D eigenvalue weighted by Crippen LogP contribution is 2.27. The molecule has 0 unspecified atom stereocenters. The molecule has 0 fully saturated rings. The molecule has 1 aromatic heterocycles. The average molecular weight is 393 g/mol. The van der Waals surface area contributed by atoms with Crippen molar-refractivity contribution < 1.29 is 27.1 Å². The van der Waals surface area contributed by atoms with Crippen LogP contribution in [0.3, 0.4) is 0 Å². The maximum Gasteiger partial charge on any atom is 0.435 e. The molecule has 0 spiro atoms. The van der Waals surface area contributed by atoms with Crippen LogP contribution in [0.5, 0.6) is 5.75 Å². The van der Waals surface area contributed by atoms with Gasteiger partial charge in [0.1, 0.15) is 0 Å². The molecule has 0 aliphatic carbocycles. The first kappa shape index (κ1) is 19.4. The monoisotopic (exact) mass is 393 g/mol. The number of alkyl halides is 3. The number of carbonyl (C=O) groups is 1. The molecule has 0 bridgehead atoms. The van der Waals surface area contributed by atoms with Crippen LogP contribution in [-0.2, 0) is 12.7 Å². The van der Waals surface area contributed by atoms with E-state index < -0.39 is 23.6 Å². The van der Waals surface area contributed by atoms with E-state index in [1.54, 1.807) is 6.07 Å². The van der Waals surface area contributed by atoms with E-state index in [2.05, 4.69) is 10.4 Å². The summed E-state index contributed by atoms with van der Waals surface area (Å²) < 4.78 is 57.4. The largest absolute Gasteiger partial charge is 0.494 e. The maximum atomic E-state index is 13.7. The quantitative estimate of drug-likeness (QED) is 0.668. The van der Waals surface area contributed by atoms with E-state index in [1.165, 1.54) is 49.7 Å². The molecule has 1 heterocycles. The van der Waals surface area contributed by atoms with Gasteiger partial charge in [0.2, 0.25) is 0 Å². The summed E-state index contributed by atoms with van der Waals surface area (Å²) in [5.41, 5.74) is 0.241. The minimum atomic E-state index is -4.52. The standard InChI is InChI=1S/C19H15F4N3O2/c1-28-16-7-2-12(10-15(16)20)11-24-18(27)13-3-5-14(6-4-13)26-9-8-17(25-26)19(21,22)23/h2-10H,11H2,1H3,(H,24,27). The Morgan fingerprint density at radius 3 is 2.43 bits per heavy atom. The van der Waals surface area contributed by atoms with Crippen molar-refractivity contribution >= 4 is 5.91 Å². The highest BCUT2D eigenvalue weighted by Gasteiger charge is 2.33. The number of rotatable bonds is 5. The van der Waals surface area contributed by atoms with Crippen LogP contribution in [-0.4, -0.2) is 22.8 Å². The van der Waals surface area contributed by atoms with Gasteiger partial charge in [-0.15, -0.1) is 0 Å². The van der Waals surface area contributed by atoms with Gasteiger partial charge in [0, 0.05) is 18.3 Å². The van der Waals surface area contributed by atoms with Crippen molar-refractivity contribution in [3.05, 3.63) is 77.4 Å². The average Bonchev–Trinajstić information content (AvgIpc) is 3.17. The van der Waals surface area contributed by atoms with Crippen molar-refractivity contribution in [2.45, 2.75) is 12.7 Å². The third-order valence-electron chi connectivity index (χ3n) is 3.94. The Balaban J connectivity index is 1.65. The maximum absolute atomic E-state index is 13.7. The Kier molecular flexibility index (Phi) is 5.34. The molecule has 0 aliphatic rings. The van der Waals surface area contributed by atoms with Gasteiger partial charge in [-0.25, -0.2) is 9.07 Å². The molecule has 0 aliphatic heterocycles. The van der Waals surface area contributed by atoms with Crippen molar-refractivity contribution in [3.63, 3.8) is 0 Å². The number of nitrogens with one attached hydrogen (secondary N) is 1. The van der Waals surface area contributed by atoms with Crippen molar-refractivity contribution in [1.82, 2.24) is 15.1 Å². The number of nitrogens with zero attached hydrogens (tertiary/aromatic N) is 2. The second-order valence-corrected chi connectivity index (χ2v) is 5.84. The topological polar surface area (TPSA) is 56.1 Å². The van der Waals surface area contributed by atoms with E-state index >= 15 is 0 Å². The number of ether oxygens (including phenoxy) is 1. The molecule has 3 aromatic rings. The number of hydrogen-bond donors (Lipinski definition) is 1. The van der Waals surface area contributed by atoms with Gasteiger partial charge in [-0.1, -0.05) is 6.07 Å². The third kappa shape index (κ3) is 4.30. The lowest BCUT2D eigenvalue weighted by atomic mass is 10.1. The van der Waals surface area contributed by atoms with Gasteiger partial charge in [0.25, 0.3) is 5.91 Å². The van der Waals surface area contributed by atoms with E-state index in [-0.39, 0.29) is 12.3 Å². The molecule has 146 valence electrons. The van der Waals surface area contributed by atoms with Crippen molar-refractivity contribution in [2.24, 2.45) is 0 Å². The Labute approximate surface area is 157 Å². The predicted octanol–water partition coefficient (Wildman–Crippen LogP) is 3.97. The Hall–Kier alpha value is -3.36. The van der Waals surface area contributed by atoms with Crippen molar-refractivity contribution in [3.8, 4) is 11.4 Å². The van der Waals surface area contributed by atoms with Gasteiger partial charge in [0.05, 0.1) is 12.8 Å². The van der Waals surface area contributed by atoms with Crippen LogP contribution in [0.2, 0.25) is 0 Å². The summed E-state index contributed by atoms with van der Waals surface area (Å²) in [6, 6.07) is 11.1. The van der Waals surface area contributed by atoms with Crippen LogP contribution in [0.1, 0.15) is 21.6 Å². The van der Waals surface area contributed by atoms with Gasteiger partial charge in [-0.05, 0) is 48.0 Å². The number of benzene rings is 2. The van der Waals surface area contributed by atoms with Crippen molar-refractivity contribution in [2.75, 3.05) is 7.11 Å². The normalized spacial score (nSPS) is 11.3. The molecule has 9 heteroatoms. The fourth-order valence-corrected chi connectivity index (χ4v) is 2.49. The van der Waals surface area contributed by atoms with Crippen molar-refractivity contribution in [1.29, 1.82) is 0 Å². The third-order valence-corrected chi connectivity index (χ3v) is 3.94. The summed E-state index contributed by atoms with van der Waals surface area (Å²) in [4.78, 5) is 12.2. The van der Waals surface area contributed by atoms with Crippen LogP contribution in [0.25, 0.3) is 5.69 Å². The number of halogens is 4. The molecule has 3 rings (SSSR count). The highest BCUT2D eigenvalue weighted by atomic mass is 19.4. The highest BCUT2D eigenvalue weighted by molar-refractivity contribution is 5.94. The molecular weight excluding hydrogens is 378 g/mol. The SMILES string of the molecule is COc1ccc(CNC(=O)c2ccc(-n3ccc(C(F)(F)F)n3)cc2)cc1F. The number of aromatic nitrogens is 2. The van der Waals surface area contributed by atoms with E-state index in [1.807, 2.05) is 0 Å². The minimum absolute atomic E-state index is 0.107. The summed E-state index contributed by atoms with van der Waals surface area (Å²) in [6.07, 6.45) is -3.33. The summed E-state index contributed by atoms with van der Waals surface area (Å²) in [6.45, 7) is 0.107. The number of carbonyl (C=O) groups excluding carboxylic acids is 1. The van der Waals surface area contributed by atoms with Crippen LogP contribution in [0.15, 0.2) is 54.7 Å². The number of hydrogen-bond acceptors (Lipinski definition) is 3. The van der Waals surface area contributed by atoms with E-state index in [0.29, 0.717) is 16.8 Å². The van der Waals surface area contributed by atoms with E-state index in [0.717, 1.165) is 10.7 Å².